The molecule has 3 aromatic heterocycles. The lowest BCUT2D eigenvalue weighted by atomic mass is 10.0. The lowest BCUT2D eigenvalue weighted by molar-refractivity contribution is -0.134. The van der Waals surface area contributed by atoms with Gasteiger partial charge in [0.05, 0.1) is 24.5 Å². The van der Waals surface area contributed by atoms with Crippen LogP contribution in [0.3, 0.4) is 0 Å². The maximum absolute atomic E-state index is 13.7. The molecule has 2 unspecified atom stereocenters. The summed E-state index contributed by atoms with van der Waals surface area (Å²) in [6.07, 6.45) is 9.38. The number of benzene rings is 1. The number of likely N-dealkylation sites (tertiary alicyclic amines) is 1. The van der Waals surface area contributed by atoms with E-state index in [1.807, 2.05) is 41.4 Å². The molecule has 0 radical (unpaired) electrons. The van der Waals surface area contributed by atoms with Gasteiger partial charge in [0.15, 0.2) is 5.76 Å². The number of aryl methyl sites for hydroxylation is 2. The first-order valence-corrected chi connectivity index (χ1v) is 12.1. The Hall–Kier alpha value is -4.28. The van der Waals surface area contributed by atoms with E-state index in [-0.39, 0.29) is 17.7 Å². The molecule has 4 heterocycles. The molecule has 1 aliphatic rings. The molecule has 4 aromatic rings. The minimum atomic E-state index is -0.709. The highest BCUT2D eigenvalue weighted by Gasteiger charge is 2.34. The summed E-state index contributed by atoms with van der Waals surface area (Å²) < 4.78 is 8.78. The monoisotopic (exact) mass is 488 g/mol. The van der Waals surface area contributed by atoms with Gasteiger partial charge < -0.3 is 14.6 Å². The molecule has 11 heteroatoms. The first-order chi connectivity index (χ1) is 17.7. The Kier molecular flexibility index (Phi) is 7.15. The van der Waals surface area contributed by atoms with Gasteiger partial charge in [-0.1, -0.05) is 35.5 Å². The Labute approximate surface area is 208 Å². The molecule has 1 aromatic carbocycles. The van der Waals surface area contributed by atoms with E-state index in [9.17, 15) is 9.59 Å². The van der Waals surface area contributed by atoms with Crippen LogP contribution in [0.15, 0.2) is 72.0 Å². The molecular weight excluding hydrogens is 460 g/mol. The van der Waals surface area contributed by atoms with Crippen LogP contribution in [0.1, 0.15) is 34.7 Å². The van der Waals surface area contributed by atoms with Crippen molar-refractivity contribution in [2.24, 2.45) is 0 Å². The zero-order chi connectivity index (χ0) is 24.7. The van der Waals surface area contributed by atoms with Crippen molar-refractivity contribution in [1.82, 2.24) is 40.0 Å². The molecular formula is C25H28N8O3. The fourth-order valence-corrected chi connectivity index (χ4v) is 4.54. The molecule has 186 valence electrons. The number of aromatic nitrogens is 6. The summed E-state index contributed by atoms with van der Waals surface area (Å²) in [7, 11) is 0. The van der Waals surface area contributed by atoms with Gasteiger partial charge in [0.25, 0.3) is 5.91 Å². The van der Waals surface area contributed by atoms with Gasteiger partial charge in [-0.15, -0.1) is 5.10 Å². The molecule has 0 aliphatic carbocycles. The van der Waals surface area contributed by atoms with Gasteiger partial charge in [-0.25, -0.2) is 4.98 Å². The molecule has 5 rings (SSSR count). The first-order valence-electron chi connectivity index (χ1n) is 12.1. The van der Waals surface area contributed by atoms with E-state index in [1.165, 1.54) is 12.6 Å². The smallest absolute Gasteiger partial charge is 0.287 e. The van der Waals surface area contributed by atoms with Gasteiger partial charge in [0.2, 0.25) is 5.91 Å². The maximum Gasteiger partial charge on any atom is 0.287 e. The predicted molar refractivity (Wildman–Crippen MR) is 129 cm³/mol. The van der Waals surface area contributed by atoms with Crippen molar-refractivity contribution < 1.29 is 14.0 Å². The molecule has 2 atom stereocenters. The Morgan fingerprint density at radius 1 is 1.14 bits per heavy atom. The van der Waals surface area contributed by atoms with Gasteiger partial charge in [0.1, 0.15) is 18.7 Å². The average Bonchev–Trinajstić information content (AvgIpc) is 3.71. The number of carbonyl (C=O) groups excluding carboxylic acids is 2. The van der Waals surface area contributed by atoms with E-state index in [2.05, 4.69) is 25.7 Å². The largest absolute Gasteiger partial charge is 0.459 e. The van der Waals surface area contributed by atoms with Gasteiger partial charge in [-0.05, 0) is 30.5 Å². The summed E-state index contributed by atoms with van der Waals surface area (Å²) in [4.78, 5) is 32.3. The van der Waals surface area contributed by atoms with Crippen LogP contribution in [0, 0.1) is 0 Å². The van der Waals surface area contributed by atoms with Crippen molar-refractivity contribution >= 4 is 11.8 Å². The lowest BCUT2D eigenvalue weighted by Crippen LogP contribution is -2.51. The zero-order valence-electron chi connectivity index (χ0n) is 19.8. The second-order valence-electron chi connectivity index (χ2n) is 8.86. The standard InChI is InChI=1S/C25H28N8O3/c34-24(23-9-5-13-36-23)28-22(14-19-6-2-1-3-7-19)25(35)33-11-4-8-21(33)16-32-15-20(29-30-32)10-12-31-18-26-17-27-31/h1-3,5-7,9,13,15,17-18,21-22H,4,8,10-12,14,16H2,(H,28,34). The number of carbonyl (C=O) groups is 2. The van der Waals surface area contributed by atoms with Crippen molar-refractivity contribution in [2.75, 3.05) is 6.54 Å². The topological polar surface area (TPSA) is 124 Å². The minimum absolute atomic E-state index is 0.0267. The fraction of sp³-hybridized carbons (Fsp3) is 0.360. The molecule has 1 fully saturated rings. The van der Waals surface area contributed by atoms with Crippen LogP contribution in [-0.4, -0.2) is 65.1 Å². The Morgan fingerprint density at radius 3 is 2.81 bits per heavy atom. The quantitative estimate of drug-likeness (QED) is 0.361. The first kappa shape index (κ1) is 23.5. The van der Waals surface area contributed by atoms with Crippen LogP contribution in [0.2, 0.25) is 0 Å². The van der Waals surface area contributed by atoms with Crippen LogP contribution in [0.4, 0.5) is 0 Å². The summed E-state index contributed by atoms with van der Waals surface area (Å²) in [6, 6.07) is 12.2. The molecule has 36 heavy (non-hydrogen) atoms. The summed E-state index contributed by atoms with van der Waals surface area (Å²) in [5, 5.41) is 15.5. The van der Waals surface area contributed by atoms with E-state index < -0.39 is 11.9 Å². The van der Waals surface area contributed by atoms with Crippen molar-refractivity contribution in [1.29, 1.82) is 0 Å². The third-order valence-corrected chi connectivity index (χ3v) is 6.34. The Bertz CT molecular complexity index is 1250. The number of hydrogen-bond acceptors (Lipinski definition) is 7. The van der Waals surface area contributed by atoms with Gasteiger partial charge in [0, 0.05) is 32.1 Å². The van der Waals surface area contributed by atoms with E-state index in [4.69, 9.17) is 4.42 Å². The third-order valence-electron chi connectivity index (χ3n) is 6.34. The molecule has 0 saturated carbocycles. The van der Waals surface area contributed by atoms with Crippen molar-refractivity contribution in [3.05, 3.63) is 84.6 Å². The van der Waals surface area contributed by atoms with Gasteiger partial charge in [-0.3, -0.25) is 19.0 Å². The van der Waals surface area contributed by atoms with Gasteiger partial charge in [-0.2, -0.15) is 5.10 Å². The van der Waals surface area contributed by atoms with Crippen LogP contribution >= 0.6 is 0 Å². The van der Waals surface area contributed by atoms with Crippen LogP contribution in [-0.2, 0) is 30.7 Å². The molecule has 1 N–H and O–H groups in total. The van der Waals surface area contributed by atoms with Crippen LogP contribution < -0.4 is 5.32 Å². The molecule has 0 spiro atoms. The number of hydrogen-bond donors (Lipinski definition) is 1. The van der Waals surface area contributed by atoms with Crippen LogP contribution in [0.5, 0.6) is 0 Å². The summed E-state index contributed by atoms with van der Waals surface area (Å²) in [6.45, 7) is 1.86. The van der Waals surface area contributed by atoms with Gasteiger partial charge >= 0.3 is 0 Å². The highest BCUT2D eigenvalue weighted by Crippen LogP contribution is 2.21. The Morgan fingerprint density at radius 2 is 2.03 bits per heavy atom. The SMILES string of the molecule is O=C(NC(Cc1ccccc1)C(=O)N1CCCC1Cn1cc(CCn2cncn2)nn1)c1ccco1. The van der Waals surface area contributed by atoms with Crippen molar-refractivity contribution in [3.63, 3.8) is 0 Å². The zero-order valence-corrected chi connectivity index (χ0v) is 19.8. The third kappa shape index (κ3) is 5.68. The summed E-state index contributed by atoms with van der Waals surface area (Å²) >= 11 is 0. The second kappa shape index (κ2) is 11.0. The predicted octanol–water partition coefficient (Wildman–Crippen LogP) is 1.74. The normalized spacial score (nSPS) is 16.2. The minimum Gasteiger partial charge on any atom is -0.459 e. The lowest BCUT2D eigenvalue weighted by Gasteiger charge is -2.29. The molecule has 11 nitrogen and oxygen atoms in total. The Balaban J connectivity index is 1.26. The van der Waals surface area contributed by atoms with Crippen molar-refractivity contribution in [2.45, 2.75) is 50.9 Å². The summed E-state index contributed by atoms with van der Waals surface area (Å²) in [5.74, 6) is -0.328. The number of nitrogens with zero attached hydrogens (tertiary/aromatic N) is 7. The van der Waals surface area contributed by atoms with Crippen molar-refractivity contribution in [3.8, 4) is 0 Å². The van der Waals surface area contributed by atoms with E-state index in [0.717, 1.165) is 24.1 Å². The number of nitrogens with one attached hydrogen (secondary N) is 1. The highest BCUT2D eigenvalue weighted by atomic mass is 16.3. The number of amides is 2. The van der Waals surface area contributed by atoms with Crippen LogP contribution in [0.25, 0.3) is 0 Å². The molecule has 1 saturated heterocycles. The van der Waals surface area contributed by atoms with E-state index >= 15 is 0 Å². The highest BCUT2D eigenvalue weighted by molar-refractivity contribution is 5.95. The number of rotatable bonds is 10. The molecule has 2 amide bonds. The molecule has 0 bridgehead atoms. The van der Waals surface area contributed by atoms with E-state index in [0.29, 0.717) is 32.5 Å². The maximum atomic E-state index is 13.7. The average molecular weight is 489 g/mol. The molecule has 1 aliphatic heterocycles. The summed E-state index contributed by atoms with van der Waals surface area (Å²) in [5.41, 5.74) is 1.83. The number of furan rings is 1. The fourth-order valence-electron chi connectivity index (χ4n) is 4.54. The van der Waals surface area contributed by atoms with E-state index in [1.54, 1.807) is 27.8 Å². The second-order valence-corrected chi connectivity index (χ2v) is 8.86.